The van der Waals surface area contributed by atoms with Crippen LogP contribution in [0.5, 0.6) is 5.75 Å². The maximum atomic E-state index is 13.0. The minimum atomic E-state index is -0.219. The minimum Gasteiger partial charge on any atom is -0.488 e. The molecule has 0 atom stereocenters. The zero-order valence-electron chi connectivity index (χ0n) is 16.1. The number of hydrogen-bond donors (Lipinski definition) is 1. The SMILES string of the molecule is Cc1nn(C)cc1N1C(=O)/C(=C\c2ccccc2OCc2ccccc2)NC1=S. The van der Waals surface area contributed by atoms with Gasteiger partial charge >= 0.3 is 0 Å². The highest BCUT2D eigenvalue weighted by Gasteiger charge is 2.34. The van der Waals surface area contributed by atoms with Gasteiger partial charge in [0.25, 0.3) is 5.91 Å². The van der Waals surface area contributed by atoms with Crippen molar-refractivity contribution in [2.45, 2.75) is 13.5 Å². The van der Waals surface area contributed by atoms with Crippen LogP contribution in [0.25, 0.3) is 6.08 Å². The Morgan fingerprint density at radius 1 is 1.14 bits per heavy atom. The number of para-hydroxylation sites is 1. The van der Waals surface area contributed by atoms with Gasteiger partial charge in [-0.15, -0.1) is 0 Å². The van der Waals surface area contributed by atoms with Crippen molar-refractivity contribution in [3.63, 3.8) is 0 Å². The van der Waals surface area contributed by atoms with E-state index in [9.17, 15) is 4.79 Å². The molecule has 1 aromatic heterocycles. The van der Waals surface area contributed by atoms with Crippen molar-refractivity contribution in [3.8, 4) is 5.75 Å². The maximum Gasteiger partial charge on any atom is 0.281 e. The number of ether oxygens (including phenoxy) is 1. The van der Waals surface area contributed by atoms with Gasteiger partial charge in [-0.1, -0.05) is 48.5 Å². The maximum absolute atomic E-state index is 13.0. The number of hydrogen-bond acceptors (Lipinski definition) is 4. The topological polar surface area (TPSA) is 59.4 Å². The number of amides is 1. The van der Waals surface area contributed by atoms with Crippen LogP contribution in [0.4, 0.5) is 5.69 Å². The number of rotatable bonds is 5. The van der Waals surface area contributed by atoms with Gasteiger partial charge in [0.05, 0.1) is 11.4 Å². The lowest BCUT2D eigenvalue weighted by molar-refractivity contribution is -0.113. The Balaban J connectivity index is 1.59. The average Bonchev–Trinajstić information content (AvgIpc) is 3.18. The Labute approximate surface area is 174 Å². The van der Waals surface area contributed by atoms with E-state index in [-0.39, 0.29) is 5.91 Å². The van der Waals surface area contributed by atoms with Crippen LogP contribution >= 0.6 is 12.2 Å². The van der Waals surface area contributed by atoms with Gasteiger partial charge in [0.1, 0.15) is 18.1 Å². The molecule has 0 aliphatic carbocycles. The van der Waals surface area contributed by atoms with Gasteiger partial charge in [-0.25, -0.2) is 4.90 Å². The Morgan fingerprint density at radius 3 is 2.59 bits per heavy atom. The summed E-state index contributed by atoms with van der Waals surface area (Å²) in [5, 5.41) is 7.64. The number of anilines is 1. The monoisotopic (exact) mass is 404 g/mol. The predicted octanol–water partition coefficient (Wildman–Crippen LogP) is 3.57. The van der Waals surface area contributed by atoms with Crippen LogP contribution in [0, 0.1) is 6.92 Å². The second-order valence-electron chi connectivity index (χ2n) is 6.71. The molecule has 2 aromatic carbocycles. The number of carbonyl (C=O) groups is 1. The molecule has 1 aliphatic heterocycles. The summed E-state index contributed by atoms with van der Waals surface area (Å²) in [5.41, 5.74) is 3.68. The fraction of sp³-hybridized carbons (Fsp3) is 0.136. The molecule has 1 N–H and O–H groups in total. The molecule has 0 radical (unpaired) electrons. The smallest absolute Gasteiger partial charge is 0.281 e. The van der Waals surface area contributed by atoms with Crippen molar-refractivity contribution in [3.05, 3.63) is 83.3 Å². The van der Waals surface area contributed by atoms with Crippen molar-refractivity contribution in [2.24, 2.45) is 7.05 Å². The lowest BCUT2D eigenvalue weighted by Gasteiger charge is -2.12. The number of nitrogens with zero attached hydrogens (tertiary/aromatic N) is 3. The van der Waals surface area contributed by atoms with Gasteiger partial charge < -0.3 is 10.1 Å². The highest BCUT2D eigenvalue weighted by atomic mass is 32.1. The third-order valence-electron chi connectivity index (χ3n) is 4.56. The minimum absolute atomic E-state index is 0.219. The van der Waals surface area contributed by atoms with Gasteiger partial charge in [-0.05, 0) is 36.8 Å². The number of aromatic nitrogens is 2. The molecule has 0 bridgehead atoms. The highest BCUT2D eigenvalue weighted by molar-refractivity contribution is 7.80. The fourth-order valence-corrected chi connectivity index (χ4v) is 3.47. The summed E-state index contributed by atoms with van der Waals surface area (Å²) in [5.74, 6) is 0.476. The van der Waals surface area contributed by atoms with E-state index in [1.807, 2.05) is 68.6 Å². The van der Waals surface area contributed by atoms with Crippen LogP contribution in [0.3, 0.4) is 0 Å². The van der Waals surface area contributed by atoms with E-state index < -0.39 is 0 Å². The number of thiocarbonyl (C=S) groups is 1. The van der Waals surface area contributed by atoms with Crippen molar-refractivity contribution in [1.82, 2.24) is 15.1 Å². The second-order valence-corrected chi connectivity index (χ2v) is 7.10. The van der Waals surface area contributed by atoms with Crippen molar-refractivity contribution in [1.29, 1.82) is 0 Å². The molecule has 6 nitrogen and oxygen atoms in total. The summed E-state index contributed by atoms with van der Waals surface area (Å²) in [7, 11) is 1.81. The van der Waals surface area contributed by atoms with Gasteiger partial charge in [-0.2, -0.15) is 5.10 Å². The number of carbonyl (C=O) groups excluding carboxylic acids is 1. The summed E-state index contributed by atoms with van der Waals surface area (Å²) < 4.78 is 7.65. The second kappa shape index (κ2) is 7.89. The van der Waals surface area contributed by atoms with E-state index in [0.29, 0.717) is 28.9 Å². The van der Waals surface area contributed by atoms with Crippen LogP contribution < -0.4 is 15.0 Å². The fourth-order valence-electron chi connectivity index (χ4n) is 3.18. The van der Waals surface area contributed by atoms with Crippen LogP contribution in [0.1, 0.15) is 16.8 Å². The first-order valence-corrected chi connectivity index (χ1v) is 9.57. The Morgan fingerprint density at radius 2 is 1.86 bits per heavy atom. The molecule has 0 unspecified atom stereocenters. The third kappa shape index (κ3) is 3.90. The molecular formula is C22H20N4O2S. The molecule has 0 saturated carbocycles. The normalized spacial score (nSPS) is 15.1. The van der Waals surface area contributed by atoms with Crippen LogP contribution in [-0.4, -0.2) is 20.8 Å². The average molecular weight is 404 g/mol. The van der Waals surface area contributed by atoms with Crippen LogP contribution in [0.15, 0.2) is 66.5 Å². The molecule has 3 aromatic rings. The van der Waals surface area contributed by atoms with Gasteiger partial charge in [0.15, 0.2) is 5.11 Å². The molecule has 1 aliphatic rings. The zero-order valence-corrected chi connectivity index (χ0v) is 16.9. The molecule has 1 fully saturated rings. The van der Waals surface area contributed by atoms with Gasteiger partial charge in [0, 0.05) is 18.8 Å². The van der Waals surface area contributed by atoms with Crippen molar-refractivity contribution >= 4 is 35.0 Å². The van der Waals surface area contributed by atoms with E-state index in [1.165, 1.54) is 4.90 Å². The van der Waals surface area contributed by atoms with E-state index >= 15 is 0 Å². The Bertz CT molecular complexity index is 1110. The highest BCUT2D eigenvalue weighted by Crippen LogP contribution is 2.27. The summed E-state index contributed by atoms with van der Waals surface area (Å²) in [6, 6.07) is 17.5. The Hall–Kier alpha value is -3.45. The third-order valence-corrected chi connectivity index (χ3v) is 4.85. The lowest BCUT2D eigenvalue weighted by atomic mass is 10.1. The summed E-state index contributed by atoms with van der Waals surface area (Å²) in [6.07, 6.45) is 3.54. The predicted molar refractivity (Wildman–Crippen MR) is 116 cm³/mol. The number of nitrogens with one attached hydrogen (secondary N) is 1. The molecule has 4 rings (SSSR count). The molecule has 29 heavy (non-hydrogen) atoms. The Kier molecular flexibility index (Phi) is 5.14. The van der Waals surface area contributed by atoms with Crippen molar-refractivity contribution in [2.75, 3.05) is 4.90 Å². The molecule has 1 saturated heterocycles. The first-order valence-electron chi connectivity index (χ1n) is 9.16. The van der Waals surface area contributed by atoms with Crippen LogP contribution in [-0.2, 0) is 18.4 Å². The number of benzene rings is 2. The van der Waals surface area contributed by atoms with E-state index in [0.717, 1.165) is 16.8 Å². The van der Waals surface area contributed by atoms with E-state index in [2.05, 4.69) is 10.4 Å². The molecule has 0 spiro atoms. The summed E-state index contributed by atoms with van der Waals surface area (Å²) in [4.78, 5) is 14.5. The summed E-state index contributed by atoms with van der Waals surface area (Å²) >= 11 is 5.39. The van der Waals surface area contributed by atoms with E-state index in [4.69, 9.17) is 17.0 Å². The quantitative estimate of drug-likeness (QED) is 0.520. The lowest BCUT2D eigenvalue weighted by Crippen LogP contribution is -2.30. The van der Waals surface area contributed by atoms with E-state index in [1.54, 1.807) is 17.0 Å². The zero-order chi connectivity index (χ0) is 20.4. The molecule has 146 valence electrons. The number of aryl methyl sites for hydroxylation is 2. The molecule has 2 heterocycles. The first-order chi connectivity index (χ1) is 14.0. The summed E-state index contributed by atoms with van der Waals surface area (Å²) in [6.45, 7) is 2.29. The van der Waals surface area contributed by atoms with Crippen LogP contribution in [0.2, 0.25) is 0 Å². The van der Waals surface area contributed by atoms with Gasteiger partial charge in [-0.3, -0.25) is 9.48 Å². The van der Waals surface area contributed by atoms with Crippen molar-refractivity contribution < 1.29 is 9.53 Å². The largest absolute Gasteiger partial charge is 0.488 e. The molecule has 1 amide bonds. The van der Waals surface area contributed by atoms with Gasteiger partial charge in [0.2, 0.25) is 0 Å². The molecular weight excluding hydrogens is 384 g/mol. The standard InChI is InChI=1S/C22H20N4O2S/c1-15-19(13-25(2)24-15)26-21(27)18(23-22(26)29)12-17-10-6-7-11-20(17)28-14-16-8-4-3-5-9-16/h3-13H,14H2,1-2H3,(H,23,29)/b18-12+. The molecule has 7 heteroatoms. The first kappa shape index (κ1) is 18.9.